The molecule has 0 saturated heterocycles. The van der Waals surface area contributed by atoms with Crippen LogP contribution in [0.2, 0.25) is 0 Å². The fraction of sp³-hybridized carbons (Fsp3) is 0.937. The van der Waals surface area contributed by atoms with Gasteiger partial charge in [0.25, 0.3) is 0 Å². The minimum atomic E-state index is -0.418. The van der Waals surface area contributed by atoms with Crippen LogP contribution in [0, 0.1) is 91.7 Å². The van der Waals surface area contributed by atoms with Crippen molar-refractivity contribution in [2.45, 2.75) is 379 Å². The van der Waals surface area contributed by atoms with E-state index in [1.807, 2.05) is 96.9 Å². The van der Waals surface area contributed by atoms with Gasteiger partial charge in [0, 0.05) is 5.41 Å². The van der Waals surface area contributed by atoms with Crippen LogP contribution in [0.1, 0.15) is 344 Å². The molecule has 0 amide bonds. The number of carbonyl (C=O) groups excluding carboxylic acids is 5. The summed E-state index contributed by atoms with van der Waals surface area (Å²) >= 11 is 0. The van der Waals surface area contributed by atoms with Crippen molar-refractivity contribution in [2.24, 2.45) is 91.7 Å². The van der Waals surface area contributed by atoms with E-state index in [9.17, 15) is 24.0 Å². The molecule has 11 nitrogen and oxygen atoms in total. The molecule has 0 heterocycles. The van der Waals surface area contributed by atoms with Crippen LogP contribution in [0.15, 0.2) is 0 Å². The summed E-state index contributed by atoms with van der Waals surface area (Å²) in [6, 6.07) is 0. The Morgan fingerprint density at radius 2 is 0.667 bits per heavy atom. The van der Waals surface area contributed by atoms with Gasteiger partial charge in [0.15, 0.2) is 0 Å². The van der Waals surface area contributed by atoms with Crippen molar-refractivity contribution >= 4 is 29.8 Å². The first-order valence-electron chi connectivity index (χ1n) is 37.5. The SMILES string of the molecule is CCC(C)(C)C(=O)OC(C)(C)C12CC3CC(CC(C3)C1)C2.CCC(C)(C)C(=O)OC(C)OC12CC3CC(CC(C3)C1)C2.CCC(C)(C)C(=O)OC1(C)C2CC3CC(C2)CC1C3.CCC(C)(C)C(=O)OC1(C)CCCC1.CCC(C)(C)C(=O)OC1(C)CCCCC1. The fourth-order valence-corrected chi connectivity index (χ4v) is 18.9. The third-order valence-electron chi connectivity index (χ3n) is 26.8. The Kier molecular flexibility index (Phi) is 23.7. The summed E-state index contributed by atoms with van der Waals surface area (Å²) in [5.41, 5.74) is -2.37. The van der Waals surface area contributed by atoms with Crippen molar-refractivity contribution in [2.75, 3.05) is 0 Å². The highest BCUT2D eigenvalue weighted by Crippen LogP contribution is 2.65. The number of ether oxygens (including phenoxy) is 6. The van der Waals surface area contributed by atoms with E-state index in [2.05, 4.69) is 48.5 Å². The Morgan fingerprint density at radius 1 is 0.378 bits per heavy atom. The molecular formula is C79H136O11. The lowest BCUT2D eigenvalue weighted by molar-refractivity contribution is -0.248. The maximum absolute atomic E-state index is 12.6. The van der Waals surface area contributed by atoms with Crippen LogP contribution < -0.4 is 0 Å². The van der Waals surface area contributed by atoms with E-state index in [-0.39, 0.29) is 84.9 Å². The molecule has 0 aromatic rings. The zero-order chi connectivity index (χ0) is 66.9. The number of esters is 5. The first-order chi connectivity index (χ1) is 41.6. The van der Waals surface area contributed by atoms with Gasteiger partial charge < -0.3 is 28.4 Å². The van der Waals surface area contributed by atoms with E-state index < -0.39 is 11.7 Å². The molecule has 0 N–H and O–H groups in total. The normalized spacial score (nSPS) is 34.3. The molecule has 0 aromatic heterocycles. The van der Waals surface area contributed by atoms with Crippen LogP contribution in [0.5, 0.6) is 0 Å². The van der Waals surface area contributed by atoms with Gasteiger partial charge in [-0.25, -0.2) is 0 Å². The summed E-state index contributed by atoms with van der Waals surface area (Å²) in [6.07, 6.45) is 36.4. The van der Waals surface area contributed by atoms with Gasteiger partial charge in [-0.05, 0) is 363 Å². The lowest BCUT2D eigenvalue weighted by atomic mass is 9.46. The highest BCUT2D eigenvalue weighted by Gasteiger charge is 2.60. The predicted octanol–water partition coefficient (Wildman–Crippen LogP) is 20.4. The van der Waals surface area contributed by atoms with Crippen LogP contribution in [0.25, 0.3) is 0 Å². The molecule has 0 aromatic carbocycles. The molecular weight excluding hydrogens is 1120 g/mol. The van der Waals surface area contributed by atoms with Crippen molar-refractivity contribution in [3.05, 3.63) is 0 Å². The Balaban J connectivity index is 0.000000162. The van der Waals surface area contributed by atoms with Gasteiger partial charge in [-0.1, -0.05) is 41.0 Å². The summed E-state index contributed by atoms with van der Waals surface area (Å²) in [7, 11) is 0. The van der Waals surface area contributed by atoms with Crippen molar-refractivity contribution in [1.82, 2.24) is 0 Å². The van der Waals surface area contributed by atoms with Gasteiger partial charge in [-0.15, -0.1) is 0 Å². The molecule has 0 spiro atoms. The number of carbonyl (C=O) groups is 5. The van der Waals surface area contributed by atoms with Gasteiger partial charge in [0.05, 0.1) is 32.7 Å². The van der Waals surface area contributed by atoms with Crippen LogP contribution in [0.4, 0.5) is 0 Å². The van der Waals surface area contributed by atoms with Gasteiger partial charge in [-0.3, -0.25) is 24.0 Å². The van der Waals surface area contributed by atoms with E-state index >= 15 is 0 Å². The Labute approximate surface area is 550 Å². The van der Waals surface area contributed by atoms with Crippen molar-refractivity contribution < 1.29 is 52.4 Å². The van der Waals surface area contributed by atoms with E-state index in [4.69, 9.17) is 28.4 Å². The van der Waals surface area contributed by atoms with E-state index in [0.29, 0.717) is 11.8 Å². The zero-order valence-electron chi connectivity index (χ0n) is 61.8. The topological polar surface area (TPSA) is 141 Å². The Bertz CT molecular complexity index is 2330. The van der Waals surface area contributed by atoms with Crippen LogP contribution in [-0.2, 0) is 52.4 Å². The molecule has 0 radical (unpaired) electrons. The molecule has 14 saturated carbocycles. The monoisotopic (exact) mass is 1260 g/mol. The molecule has 1 atom stereocenters. The summed E-state index contributed by atoms with van der Waals surface area (Å²) in [6.45, 7) is 42.6. The van der Waals surface area contributed by atoms with Crippen LogP contribution >= 0.6 is 0 Å². The molecule has 11 heteroatoms. The highest BCUT2D eigenvalue weighted by atomic mass is 16.7. The minimum absolute atomic E-state index is 0.00477. The first kappa shape index (κ1) is 74.7. The largest absolute Gasteiger partial charge is 0.459 e. The van der Waals surface area contributed by atoms with Crippen molar-refractivity contribution in [3.8, 4) is 0 Å². The molecule has 90 heavy (non-hydrogen) atoms. The molecule has 518 valence electrons. The fourth-order valence-electron chi connectivity index (χ4n) is 18.9. The van der Waals surface area contributed by atoms with Crippen LogP contribution in [-0.4, -0.2) is 64.1 Å². The predicted molar refractivity (Wildman–Crippen MR) is 361 cm³/mol. The number of hydrogen-bond acceptors (Lipinski definition) is 11. The first-order valence-corrected chi connectivity index (χ1v) is 37.5. The summed E-state index contributed by atoms with van der Waals surface area (Å²) in [5.74, 6) is 8.15. The van der Waals surface area contributed by atoms with E-state index in [1.54, 1.807) is 0 Å². The number of hydrogen-bond donors (Lipinski definition) is 0. The third-order valence-corrected chi connectivity index (χ3v) is 26.8. The number of rotatable bonds is 18. The standard InChI is InChI=1S/C19H32O2.C18H30O3.C17H28O2.C13H24O2.C12H22O2/c1-6-17(2,3)16(20)21-18(4,5)19-10-13-7-14(11-19)9-15(8-13)12-19;1-5-17(3,4)16(19)20-12(2)21-18-9-13-6-14(10-18)8-15(7-13)11-18;1-5-16(2,3)15(18)19-17(4)13-7-11-6-12(9-13)10-14(17)8-11;1-5-12(2,3)11(14)15-13(4)9-7-6-8-10-13;1-5-11(2,3)10(13)14-12(4)8-6-7-9-12/h13-15H,6-12H2,1-5H3;12-15H,5-11H2,1-4H3;11-14H,5-10H2,1-4H3;5-10H2,1-4H3;5-9H2,1-4H3. The Morgan fingerprint density at radius 3 is 1.01 bits per heavy atom. The highest BCUT2D eigenvalue weighted by molar-refractivity contribution is 5.78. The second kappa shape index (κ2) is 28.6. The van der Waals surface area contributed by atoms with Gasteiger partial charge in [0.1, 0.15) is 22.4 Å². The van der Waals surface area contributed by atoms with Crippen LogP contribution in [0.3, 0.4) is 0 Å². The second-order valence-corrected chi connectivity index (χ2v) is 36.8. The average molecular weight is 1260 g/mol. The van der Waals surface area contributed by atoms with Crippen molar-refractivity contribution in [1.29, 1.82) is 0 Å². The summed E-state index contributed by atoms with van der Waals surface area (Å²) in [4.78, 5) is 61.0. The Hall–Kier alpha value is -2.69. The maximum atomic E-state index is 12.6. The van der Waals surface area contributed by atoms with E-state index in [1.165, 1.54) is 141 Å². The molecule has 14 fully saturated rings. The third kappa shape index (κ3) is 17.7. The smallest absolute Gasteiger partial charge is 0.313 e. The molecule has 14 rings (SSSR count). The lowest BCUT2D eigenvalue weighted by Gasteiger charge is -2.61. The minimum Gasteiger partial charge on any atom is -0.459 e. The average Bonchev–Trinajstić information content (AvgIpc) is 0.946. The molecule has 1 unspecified atom stereocenters. The lowest BCUT2D eigenvalue weighted by Crippen LogP contribution is -2.58. The van der Waals surface area contributed by atoms with Crippen molar-refractivity contribution in [3.63, 3.8) is 0 Å². The van der Waals surface area contributed by atoms with Gasteiger partial charge in [0.2, 0.25) is 6.29 Å². The van der Waals surface area contributed by atoms with Gasteiger partial charge in [-0.2, -0.15) is 0 Å². The summed E-state index contributed by atoms with van der Waals surface area (Å²) < 4.78 is 35.5. The molecule has 14 aliphatic rings. The molecule has 0 aliphatic heterocycles. The quantitative estimate of drug-likeness (QED) is 0.0736. The zero-order valence-corrected chi connectivity index (χ0v) is 61.8. The second-order valence-electron chi connectivity index (χ2n) is 36.8. The maximum Gasteiger partial charge on any atom is 0.313 e. The molecule has 12 bridgehead atoms. The summed E-state index contributed by atoms with van der Waals surface area (Å²) in [5, 5.41) is 0. The van der Waals surface area contributed by atoms with E-state index in [0.717, 1.165) is 105 Å². The molecule has 14 aliphatic carbocycles. The van der Waals surface area contributed by atoms with Gasteiger partial charge >= 0.3 is 29.8 Å².